The fraction of sp³-hybridized carbons (Fsp3) is 0.286. The number of benzene rings is 1. The lowest BCUT2D eigenvalue weighted by atomic mass is 10.1. The van der Waals surface area contributed by atoms with E-state index in [2.05, 4.69) is 5.92 Å². The maximum absolute atomic E-state index is 12.0. The number of para-hydroxylation sites is 1. The normalized spacial score (nSPS) is 15.8. The van der Waals surface area contributed by atoms with Crippen molar-refractivity contribution in [2.24, 2.45) is 0 Å². The molecule has 0 atom stereocenters. The van der Waals surface area contributed by atoms with Crippen molar-refractivity contribution in [2.45, 2.75) is 6.92 Å². The van der Waals surface area contributed by atoms with Crippen LogP contribution in [0.2, 0.25) is 0 Å². The molecule has 92 valence electrons. The van der Waals surface area contributed by atoms with Gasteiger partial charge in [-0.15, -0.1) is 6.42 Å². The standard InChI is InChI=1S/C14H14N2O2/c1-3-8-15-9-10-16(14(18)13(15)17)12-7-5-4-6-11(12)2/h1,4-7H,8-10H2,2H3. The molecule has 0 unspecified atom stereocenters. The van der Waals surface area contributed by atoms with Crippen molar-refractivity contribution < 1.29 is 9.59 Å². The first kappa shape index (κ1) is 12.2. The minimum Gasteiger partial charge on any atom is -0.322 e. The maximum Gasteiger partial charge on any atom is 0.316 e. The first-order valence-electron chi connectivity index (χ1n) is 5.75. The molecule has 18 heavy (non-hydrogen) atoms. The number of carbonyl (C=O) groups is 2. The van der Waals surface area contributed by atoms with Crippen LogP contribution in [0.5, 0.6) is 0 Å². The van der Waals surface area contributed by atoms with E-state index in [1.165, 1.54) is 9.80 Å². The van der Waals surface area contributed by atoms with Gasteiger partial charge in [0, 0.05) is 18.8 Å². The van der Waals surface area contributed by atoms with Crippen molar-refractivity contribution in [1.82, 2.24) is 4.90 Å². The smallest absolute Gasteiger partial charge is 0.316 e. The molecule has 1 heterocycles. The van der Waals surface area contributed by atoms with E-state index >= 15 is 0 Å². The van der Waals surface area contributed by atoms with Crippen LogP contribution in [0, 0.1) is 19.3 Å². The van der Waals surface area contributed by atoms with Crippen LogP contribution in [0.15, 0.2) is 24.3 Å². The summed E-state index contributed by atoms with van der Waals surface area (Å²) < 4.78 is 0. The number of piperazine rings is 1. The van der Waals surface area contributed by atoms with Crippen LogP contribution < -0.4 is 4.90 Å². The van der Waals surface area contributed by atoms with Crippen molar-refractivity contribution in [3.05, 3.63) is 29.8 Å². The predicted molar refractivity (Wildman–Crippen MR) is 68.9 cm³/mol. The number of rotatable bonds is 2. The summed E-state index contributed by atoms with van der Waals surface area (Å²) in [5, 5.41) is 0. The lowest BCUT2D eigenvalue weighted by molar-refractivity contribution is -0.145. The molecule has 1 aromatic rings. The largest absolute Gasteiger partial charge is 0.322 e. The number of terminal acetylenes is 1. The molecule has 4 heteroatoms. The lowest BCUT2D eigenvalue weighted by Crippen LogP contribution is -2.54. The van der Waals surface area contributed by atoms with Gasteiger partial charge in [0.15, 0.2) is 0 Å². The molecule has 0 aromatic heterocycles. The average Bonchev–Trinajstić information content (AvgIpc) is 2.37. The number of carbonyl (C=O) groups excluding carboxylic acids is 2. The Morgan fingerprint density at radius 1 is 1.22 bits per heavy atom. The molecule has 2 rings (SSSR count). The van der Waals surface area contributed by atoms with Crippen LogP contribution in [-0.2, 0) is 9.59 Å². The second-order valence-electron chi connectivity index (χ2n) is 4.17. The zero-order valence-electron chi connectivity index (χ0n) is 10.2. The van der Waals surface area contributed by atoms with Gasteiger partial charge in [-0.25, -0.2) is 0 Å². The van der Waals surface area contributed by atoms with Gasteiger partial charge in [0.1, 0.15) is 0 Å². The van der Waals surface area contributed by atoms with Crippen LogP contribution in [0.4, 0.5) is 5.69 Å². The SMILES string of the molecule is C#CCN1CCN(c2ccccc2C)C(=O)C1=O. The Balaban J connectivity index is 2.24. The summed E-state index contributed by atoms with van der Waals surface area (Å²) in [6.45, 7) is 3.06. The van der Waals surface area contributed by atoms with Crippen LogP contribution in [-0.4, -0.2) is 36.3 Å². The van der Waals surface area contributed by atoms with Gasteiger partial charge in [0.25, 0.3) is 0 Å². The minimum absolute atomic E-state index is 0.187. The lowest BCUT2D eigenvalue weighted by Gasteiger charge is -2.33. The molecule has 1 saturated heterocycles. The monoisotopic (exact) mass is 242 g/mol. The molecule has 1 aliphatic heterocycles. The summed E-state index contributed by atoms with van der Waals surface area (Å²) in [4.78, 5) is 26.8. The molecule has 2 amide bonds. The topological polar surface area (TPSA) is 40.6 Å². The molecule has 4 nitrogen and oxygen atoms in total. The van der Waals surface area contributed by atoms with E-state index in [0.717, 1.165) is 11.3 Å². The molecule has 1 aliphatic rings. The molecule has 0 saturated carbocycles. The molecule has 0 radical (unpaired) electrons. The van der Waals surface area contributed by atoms with Crippen molar-refractivity contribution >= 4 is 17.5 Å². The summed E-state index contributed by atoms with van der Waals surface area (Å²) in [6, 6.07) is 7.52. The predicted octanol–water partition coefficient (Wildman–Crippen LogP) is 0.803. The summed E-state index contributed by atoms with van der Waals surface area (Å²) in [6.07, 6.45) is 5.17. The Hall–Kier alpha value is -2.28. The summed E-state index contributed by atoms with van der Waals surface area (Å²) in [5.74, 6) is 1.35. The molecule has 1 fully saturated rings. The molecular weight excluding hydrogens is 228 g/mol. The average molecular weight is 242 g/mol. The number of anilines is 1. The second-order valence-corrected chi connectivity index (χ2v) is 4.17. The highest BCUT2D eigenvalue weighted by Gasteiger charge is 2.33. The second kappa shape index (κ2) is 4.92. The number of amides is 2. The van der Waals surface area contributed by atoms with Gasteiger partial charge in [0.2, 0.25) is 0 Å². The highest BCUT2D eigenvalue weighted by molar-refractivity contribution is 6.41. The maximum atomic E-state index is 12.0. The van der Waals surface area contributed by atoms with Gasteiger partial charge in [-0.2, -0.15) is 0 Å². The highest BCUT2D eigenvalue weighted by atomic mass is 16.2. The quantitative estimate of drug-likeness (QED) is 0.568. The van der Waals surface area contributed by atoms with Gasteiger partial charge < -0.3 is 9.80 Å². The van der Waals surface area contributed by atoms with Gasteiger partial charge in [-0.05, 0) is 18.6 Å². The molecular formula is C14H14N2O2. The first-order chi connectivity index (χ1) is 8.65. The van der Waals surface area contributed by atoms with E-state index in [9.17, 15) is 9.59 Å². The summed E-state index contributed by atoms with van der Waals surface area (Å²) >= 11 is 0. The van der Waals surface area contributed by atoms with E-state index in [0.29, 0.717) is 13.1 Å². The van der Waals surface area contributed by atoms with Crippen LogP contribution in [0.3, 0.4) is 0 Å². The molecule has 0 bridgehead atoms. The van der Waals surface area contributed by atoms with Gasteiger partial charge in [0.05, 0.1) is 6.54 Å². The molecule has 1 aromatic carbocycles. The number of aryl methyl sites for hydroxylation is 1. The fourth-order valence-corrected chi connectivity index (χ4v) is 2.03. The summed E-state index contributed by atoms with van der Waals surface area (Å²) in [7, 11) is 0. The van der Waals surface area contributed by atoms with Gasteiger partial charge in [-0.1, -0.05) is 24.1 Å². The fourth-order valence-electron chi connectivity index (χ4n) is 2.03. The Labute approximate surface area is 106 Å². The third kappa shape index (κ3) is 2.07. The van der Waals surface area contributed by atoms with E-state index in [1.807, 2.05) is 31.2 Å². The Kier molecular flexibility index (Phi) is 3.33. The van der Waals surface area contributed by atoms with Crippen LogP contribution in [0.25, 0.3) is 0 Å². The van der Waals surface area contributed by atoms with E-state index in [1.54, 1.807) is 0 Å². The Morgan fingerprint density at radius 3 is 2.61 bits per heavy atom. The van der Waals surface area contributed by atoms with Gasteiger partial charge in [-0.3, -0.25) is 9.59 Å². The van der Waals surface area contributed by atoms with Crippen LogP contribution in [0.1, 0.15) is 5.56 Å². The Morgan fingerprint density at radius 2 is 1.94 bits per heavy atom. The zero-order valence-corrected chi connectivity index (χ0v) is 10.2. The molecule has 0 aliphatic carbocycles. The van der Waals surface area contributed by atoms with Crippen molar-refractivity contribution in [1.29, 1.82) is 0 Å². The van der Waals surface area contributed by atoms with E-state index in [4.69, 9.17) is 6.42 Å². The minimum atomic E-state index is -0.526. The van der Waals surface area contributed by atoms with E-state index in [-0.39, 0.29) is 6.54 Å². The highest BCUT2D eigenvalue weighted by Crippen LogP contribution is 2.21. The third-order valence-corrected chi connectivity index (χ3v) is 3.00. The first-order valence-corrected chi connectivity index (χ1v) is 5.75. The van der Waals surface area contributed by atoms with Crippen molar-refractivity contribution in [2.75, 3.05) is 24.5 Å². The van der Waals surface area contributed by atoms with E-state index < -0.39 is 11.8 Å². The molecule has 0 N–H and O–H groups in total. The molecule has 0 spiro atoms. The summed E-state index contributed by atoms with van der Waals surface area (Å²) in [5.41, 5.74) is 1.76. The Bertz CT molecular complexity index is 531. The van der Waals surface area contributed by atoms with Crippen molar-refractivity contribution in [3.63, 3.8) is 0 Å². The number of hydrogen-bond acceptors (Lipinski definition) is 2. The third-order valence-electron chi connectivity index (χ3n) is 3.00. The van der Waals surface area contributed by atoms with Gasteiger partial charge >= 0.3 is 11.8 Å². The van der Waals surface area contributed by atoms with Crippen LogP contribution >= 0.6 is 0 Å². The number of nitrogens with zero attached hydrogens (tertiary/aromatic N) is 2. The number of hydrogen-bond donors (Lipinski definition) is 0. The van der Waals surface area contributed by atoms with Crippen molar-refractivity contribution in [3.8, 4) is 12.3 Å². The zero-order chi connectivity index (χ0) is 13.1.